The molecule has 0 atom stereocenters. The molecular formula is C22H22Cl2F2N2O3. The van der Waals surface area contributed by atoms with Crippen molar-refractivity contribution in [2.24, 2.45) is 5.92 Å². The lowest BCUT2D eigenvalue weighted by Crippen LogP contribution is -2.41. The summed E-state index contributed by atoms with van der Waals surface area (Å²) in [5.74, 6) is -1.35. The third-order valence-electron chi connectivity index (χ3n) is 5.21. The van der Waals surface area contributed by atoms with Gasteiger partial charge in [0.25, 0.3) is 11.8 Å². The molecule has 0 saturated heterocycles. The molecule has 1 aliphatic carbocycles. The first-order valence-corrected chi connectivity index (χ1v) is 10.7. The van der Waals surface area contributed by atoms with Crippen LogP contribution < -0.4 is 15.4 Å². The predicted molar refractivity (Wildman–Crippen MR) is 115 cm³/mol. The van der Waals surface area contributed by atoms with Gasteiger partial charge in [-0.05, 0) is 61.9 Å². The van der Waals surface area contributed by atoms with E-state index in [4.69, 9.17) is 27.9 Å². The van der Waals surface area contributed by atoms with Crippen molar-refractivity contribution in [3.05, 3.63) is 63.6 Å². The van der Waals surface area contributed by atoms with Gasteiger partial charge in [-0.15, -0.1) is 0 Å². The van der Waals surface area contributed by atoms with Crippen LogP contribution in [0.5, 0.6) is 5.75 Å². The number of carbonyl (C=O) groups excluding carboxylic acids is 2. The van der Waals surface area contributed by atoms with Crippen LogP contribution in [0.4, 0.5) is 8.78 Å². The van der Waals surface area contributed by atoms with E-state index in [1.165, 1.54) is 24.3 Å². The van der Waals surface area contributed by atoms with Gasteiger partial charge in [-0.3, -0.25) is 9.59 Å². The third kappa shape index (κ3) is 6.80. The number of ether oxygens (including phenoxy) is 1. The molecule has 166 valence electrons. The number of nitrogens with one attached hydrogen (secondary N) is 2. The molecule has 2 aromatic carbocycles. The van der Waals surface area contributed by atoms with Gasteiger partial charge in [-0.2, -0.15) is 0 Å². The second-order valence-electron chi connectivity index (χ2n) is 7.49. The van der Waals surface area contributed by atoms with Crippen LogP contribution in [0.3, 0.4) is 0 Å². The highest BCUT2D eigenvalue weighted by Crippen LogP contribution is 2.24. The van der Waals surface area contributed by atoms with Gasteiger partial charge < -0.3 is 15.4 Å². The molecule has 3 rings (SSSR count). The van der Waals surface area contributed by atoms with E-state index in [1.54, 1.807) is 0 Å². The molecule has 0 heterocycles. The molecular weight excluding hydrogens is 449 g/mol. The second-order valence-corrected chi connectivity index (χ2v) is 8.30. The first-order chi connectivity index (χ1) is 14.8. The number of halogens is 4. The molecule has 2 amide bonds. The molecule has 1 saturated carbocycles. The molecule has 0 bridgehead atoms. The Morgan fingerprint density at radius 1 is 0.968 bits per heavy atom. The lowest BCUT2D eigenvalue weighted by Gasteiger charge is -2.29. The molecule has 0 aliphatic heterocycles. The van der Waals surface area contributed by atoms with E-state index in [2.05, 4.69) is 10.6 Å². The van der Waals surface area contributed by atoms with Crippen molar-refractivity contribution < 1.29 is 23.1 Å². The molecule has 5 nitrogen and oxygen atoms in total. The van der Waals surface area contributed by atoms with E-state index >= 15 is 0 Å². The molecule has 0 spiro atoms. The van der Waals surface area contributed by atoms with E-state index in [0.717, 1.165) is 37.8 Å². The summed E-state index contributed by atoms with van der Waals surface area (Å²) in [5.41, 5.74) is 0.225. The Bertz CT molecular complexity index is 950. The maximum atomic E-state index is 13.5. The van der Waals surface area contributed by atoms with E-state index in [-0.39, 0.29) is 51.7 Å². The molecule has 0 unspecified atom stereocenters. The number of hydrogen-bond acceptors (Lipinski definition) is 3. The van der Waals surface area contributed by atoms with Crippen molar-refractivity contribution in [1.29, 1.82) is 0 Å². The average molecular weight is 471 g/mol. The number of carbonyl (C=O) groups is 2. The van der Waals surface area contributed by atoms with Gasteiger partial charge in [0, 0.05) is 24.2 Å². The van der Waals surface area contributed by atoms with Crippen LogP contribution in [0.25, 0.3) is 0 Å². The Labute approximate surface area is 189 Å². The lowest BCUT2D eigenvalue weighted by atomic mass is 9.86. The fraction of sp³-hybridized carbons (Fsp3) is 0.364. The summed E-state index contributed by atoms with van der Waals surface area (Å²) >= 11 is 11.2. The van der Waals surface area contributed by atoms with Crippen molar-refractivity contribution >= 4 is 35.0 Å². The molecule has 2 N–H and O–H groups in total. The van der Waals surface area contributed by atoms with Crippen molar-refractivity contribution in [3.63, 3.8) is 0 Å². The standard InChI is InChI=1S/C22H22Cl2F2N2O3/c23-17-7-3-14(9-19(17)25)22(30)27-11-13-1-4-15(5-2-13)28-21(29)12-31-16-6-8-18(24)20(26)10-16/h3,6-10,13,15H,1-2,4-5,11-12H2,(H,27,30)(H,28,29)/t13-,15-. The largest absolute Gasteiger partial charge is 0.484 e. The number of benzene rings is 2. The summed E-state index contributed by atoms with van der Waals surface area (Å²) in [6, 6.07) is 7.97. The summed E-state index contributed by atoms with van der Waals surface area (Å²) in [4.78, 5) is 24.3. The number of hydrogen-bond donors (Lipinski definition) is 2. The van der Waals surface area contributed by atoms with Gasteiger partial charge in [-0.25, -0.2) is 8.78 Å². The van der Waals surface area contributed by atoms with Crippen LogP contribution in [-0.2, 0) is 4.79 Å². The Kier molecular flexibility index (Phi) is 8.09. The molecule has 0 radical (unpaired) electrons. The first-order valence-electron chi connectivity index (χ1n) is 9.92. The normalized spacial score (nSPS) is 18.3. The Morgan fingerprint density at radius 3 is 2.26 bits per heavy atom. The molecule has 31 heavy (non-hydrogen) atoms. The zero-order valence-electron chi connectivity index (χ0n) is 16.6. The van der Waals surface area contributed by atoms with Gasteiger partial charge in [0.05, 0.1) is 10.0 Å². The quantitative estimate of drug-likeness (QED) is 0.613. The van der Waals surface area contributed by atoms with Gasteiger partial charge >= 0.3 is 0 Å². The predicted octanol–water partition coefficient (Wildman–Crippen LogP) is 4.76. The summed E-state index contributed by atoms with van der Waals surface area (Å²) in [7, 11) is 0. The van der Waals surface area contributed by atoms with Gasteiger partial charge in [0.2, 0.25) is 0 Å². The van der Waals surface area contributed by atoms with Crippen LogP contribution in [0.2, 0.25) is 10.0 Å². The highest BCUT2D eigenvalue weighted by Gasteiger charge is 2.23. The van der Waals surface area contributed by atoms with Crippen LogP contribution in [0.1, 0.15) is 36.0 Å². The Balaban J connectivity index is 1.36. The van der Waals surface area contributed by atoms with Gasteiger partial charge in [0.1, 0.15) is 17.4 Å². The third-order valence-corrected chi connectivity index (χ3v) is 5.82. The van der Waals surface area contributed by atoms with E-state index in [9.17, 15) is 18.4 Å². The smallest absolute Gasteiger partial charge is 0.258 e. The highest BCUT2D eigenvalue weighted by atomic mass is 35.5. The SMILES string of the molecule is O=C(COc1ccc(Cl)c(F)c1)N[C@H]1CC[C@H](CNC(=O)c2ccc(Cl)c(F)c2)CC1. The minimum atomic E-state index is -0.629. The monoisotopic (exact) mass is 470 g/mol. The summed E-state index contributed by atoms with van der Waals surface area (Å²) in [6.45, 7) is 0.268. The second kappa shape index (κ2) is 10.8. The van der Waals surface area contributed by atoms with E-state index < -0.39 is 11.6 Å². The zero-order valence-corrected chi connectivity index (χ0v) is 18.1. The maximum Gasteiger partial charge on any atom is 0.258 e. The molecule has 9 heteroatoms. The highest BCUT2D eigenvalue weighted by molar-refractivity contribution is 6.31. The minimum absolute atomic E-state index is 0.00918. The molecule has 1 aliphatic rings. The lowest BCUT2D eigenvalue weighted by molar-refractivity contribution is -0.124. The fourth-order valence-corrected chi connectivity index (χ4v) is 3.71. The Hall–Kier alpha value is -2.38. The summed E-state index contributed by atoms with van der Waals surface area (Å²) in [6.07, 6.45) is 3.22. The minimum Gasteiger partial charge on any atom is -0.484 e. The van der Waals surface area contributed by atoms with E-state index in [0.29, 0.717) is 6.54 Å². The first kappa shape index (κ1) is 23.3. The summed E-state index contributed by atoms with van der Waals surface area (Å²) < 4.78 is 32.2. The van der Waals surface area contributed by atoms with Crippen molar-refractivity contribution in [2.45, 2.75) is 31.7 Å². The molecule has 2 aromatic rings. The van der Waals surface area contributed by atoms with Crippen LogP contribution in [0, 0.1) is 17.6 Å². The Morgan fingerprint density at radius 2 is 1.61 bits per heavy atom. The maximum absolute atomic E-state index is 13.5. The van der Waals surface area contributed by atoms with Crippen molar-refractivity contribution in [1.82, 2.24) is 10.6 Å². The van der Waals surface area contributed by atoms with Gasteiger partial charge in [0.15, 0.2) is 6.61 Å². The van der Waals surface area contributed by atoms with Crippen LogP contribution in [-0.4, -0.2) is 31.0 Å². The fourth-order valence-electron chi connectivity index (χ4n) is 3.47. The molecule has 0 aromatic heterocycles. The summed E-state index contributed by atoms with van der Waals surface area (Å²) in [5, 5.41) is 5.70. The van der Waals surface area contributed by atoms with Crippen molar-refractivity contribution in [3.8, 4) is 5.75 Å². The van der Waals surface area contributed by atoms with Crippen LogP contribution in [0.15, 0.2) is 36.4 Å². The topological polar surface area (TPSA) is 67.4 Å². The van der Waals surface area contributed by atoms with Crippen LogP contribution >= 0.6 is 23.2 Å². The van der Waals surface area contributed by atoms with Crippen molar-refractivity contribution in [2.75, 3.05) is 13.2 Å². The zero-order chi connectivity index (χ0) is 22.4. The number of rotatable bonds is 7. The average Bonchev–Trinajstić information content (AvgIpc) is 2.75. The van der Waals surface area contributed by atoms with Gasteiger partial charge in [-0.1, -0.05) is 23.2 Å². The van der Waals surface area contributed by atoms with E-state index in [1.807, 2.05) is 0 Å². The number of amides is 2. The molecule has 1 fully saturated rings.